The summed E-state index contributed by atoms with van der Waals surface area (Å²) in [5.41, 5.74) is 2.82. The second kappa shape index (κ2) is 6.76. The van der Waals surface area contributed by atoms with Crippen molar-refractivity contribution < 1.29 is 17.9 Å². The summed E-state index contributed by atoms with van der Waals surface area (Å²) in [7, 11) is -2.40. The minimum Gasteiger partial charge on any atom is -0.469 e. The SMILES string of the molecule is COC(=O)C1CC(C)N(S(=O)(=O)c2cc(C)ccc2C)c2ccccc21. The molecule has 138 valence electrons. The number of para-hydroxylation sites is 1. The quantitative estimate of drug-likeness (QED) is 0.772. The molecule has 2 aromatic rings. The van der Waals surface area contributed by atoms with E-state index in [1.54, 1.807) is 31.2 Å². The molecule has 0 saturated heterocycles. The highest BCUT2D eigenvalue weighted by atomic mass is 32.2. The number of rotatable bonds is 3. The van der Waals surface area contributed by atoms with Crippen molar-refractivity contribution in [2.75, 3.05) is 11.4 Å². The standard InChI is InChI=1S/C20H23NO4S/c1-13-9-10-14(2)19(11-13)26(23,24)21-15(3)12-17(20(22)25-4)16-7-5-6-8-18(16)21/h5-11,15,17H,12H2,1-4H3. The van der Waals surface area contributed by atoms with Gasteiger partial charge in [0, 0.05) is 6.04 Å². The first-order chi connectivity index (χ1) is 12.3. The topological polar surface area (TPSA) is 63.7 Å². The van der Waals surface area contributed by atoms with Crippen LogP contribution in [0.3, 0.4) is 0 Å². The van der Waals surface area contributed by atoms with Gasteiger partial charge in [-0.05, 0) is 56.0 Å². The second-order valence-corrected chi connectivity index (χ2v) is 8.57. The van der Waals surface area contributed by atoms with Crippen LogP contribution in [0.4, 0.5) is 5.69 Å². The van der Waals surface area contributed by atoms with Gasteiger partial charge in [-0.2, -0.15) is 0 Å². The van der Waals surface area contributed by atoms with Crippen molar-refractivity contribution in [3.63, 3.8) is 0 Å². The number of carbonyl (C=O) groups excluding carboxylic acids is 1. The van der Waals surface area contributed by atoms with Gasteiger partial charge in [0.15, 0.2) is 0 Å². The number of benzene rings is 2. The van der Waals surface area contributed by atoms with Crippen molar-refractivity contribution in [2.45, 2.75) is 44.0 Å². The average Bonchev–Trinajstić information content (AvgIpc) is 2.61. The maximum absolute atomic E-state index is 13.5. The Morgan fingerprint density at radius 2 is 1.85 bits per heavy atom. The average molecular weight is 373 g/mol. The van der Waals surface area contributed by atoms with Gasteiger partial charge in [0.2, 0.25) is 0 Å². The summed E-state index contributed by atoms with van der Waals surface area (Å²) in [6, 6.07) is 12.2. The fraction of sp³-hybridized carbons (Fsp3) is 0.350. The molecule has 5 nitrogen and oxygen atoms in total. The molecule has 2 unspecified atom stereocenters. The van der Waals surface area contributed by atoms with Crippen LogP contribution >= 0.6 is 0 Å². The first kappa shape index (κ1) is 18.5. The van der Waals surface area contributed by atoms with Crippen molar-refractivity contribution in [3.05, 3.63) is 59.2 Å². The number of aryl methyl sites for hydroxylation is 2. The van der Waals surface area contributed by atoms with Crippen molar-refractivity contribution in [1.29, 1.82) is 0 Å². The van der Waals surface area contributed by atoms with E-state index in [1.165, 1.54) is 11.4 Å². The molecular formula is C20H23NO4S. The maximum atomic E-state index is 13.5. The molecule has 6 heteroatoms. The lowest BCUT2D eigenvalue weighted by atomic mass is 9.87. The largest absolute Gasteiger partial charge is 0.469 e. The molecule has 26 heavy (non-hydrogen) atoms. The molecule has 0 aromatic heterocycles. The molecule has 0 spiro atoms. The normalized spacial score (nSPS) is 19.8. The number of nitrogens with zero attached hydrogens (tertiary/aromatic N) is 1. The monoisotopic (exact) mass is 373 g/mol. The molecule has 0 N–H and O–H groups in total. The Kier molecular flexibility index (Phi) is 4.80. The molecule has 1 heterocycles. The van der Waals surface area contributed by atoms with Gasteiger partial charge in [0.05, 0.1) is 23.6 Å². The predicted molar refractivity (Wildman–Crippen MR) is 101 cm³/mol. The predicted octanol–water partition coefficient (Wildman–Crippen LogP) is 3.55. The molecule has 1 aliphatic rings. The summed E-state index contributed by atoms with van der Waals surface area (Å²) in [5, 5.41) is 0. The van der Waals surface area contributed by atoms with Crippen LogP contribution in [-0.2, 0) is 19.6 Å². The number of esters is 1. The van der Waals surface area contributed by atoms with E-state index in [9.17, 15) is 13.2 Å². The fourth-order valence-corrected chi connectivity index (χ4v) is 5.61. The molecule has 0 bridgehead atoms. The van der Waals surface area contributed by atoms with Gasteiger partial charge in [-0.15, -0.1) is 0 Å². The molecule has 0 fully saturated rings. The Balaban J connectivity index is 2.18. The zero-order valence-corrected chi connectivity index (χ0v) is 16.2. The first-order valence-electron chi connectivity index (χ1n) is 8.55. The Morgan fingerprint density at radius 3 is 2.54 bits per heavy atom. The van der Waals surface area contributed by atoms with Crippen molar-refractivity contribution in [2.24, 2.45) is 0 Å². The highest BCUT2D eigenvalue weighted by Crippen LogP contribution is 2.42. The van der Waals surface area contributed by atoms with Crippen molar-refractivity contribution in [1.82, 2.24) is 0 Å². The van der Waals surface area contributed by atoms with Gasteiger partial charge in [-0.25, -0.2) is 8.42 Å². The van der Waals surface area contributed by atoms with E-state index < -0.39 is 15.9 Å². The fourth-order valence-electron chi connectivity index (χ4n) is 3.61. The van der Waals surface area contributed by atoms with E-state index >= 15 is 0 Å². The lowest BCUT2D eigenvalue weighted by molar-refractivity contribution is -0.142. The Labute approximate surface area is 154 Å². The molecule has 0 radical (unpaired) electrons. The second-order valence-electron chi connectivity index (χ2n) is 6.79. The molecule has 1 aliphatic heterocycles. The van der Waals surface area contributed by atoms with Crippen LogP contribution < -0.4 is 4.31 Å². The Bertz CT molecular complexity index is 952. The molecule has 0 saturated carbocycles. The van der Waals surface area contributed by atoms with E-state index in [4.69, 9.17) is 4.74 Å². The highest BCUT2D eigenvalue weighted by molar-refractivity contribution is 7.93. The number of hydrogen-bond acceptors (Lipinski definition) is 4. The maximum Gasteiger partial charge on any atom is 0.313 e. The van der Waals surface area contributed by atoms with Crippen LogP contribution in [0.2, 0.25) is 0 Å². The van der Waals surface area contributed by atoms with E-state index in [0.717, 1.165) is 5.56 Å². The molecule has 2 aromatic carbocycles. The third kappa shape index (κ3) is 2.98. The lowest BCUT2D eigenvalue weighted by Crippen LogP contribution is -2.44. The molecule has 0 aliphatic carbocycles. The molecule has 0 amide bonds. The van der Waals surface area contributed by atoms with Gasteiger partial charge in [0.25, 0.3) is 10.0 Å². The van der Waals surface area contributed by atoms with Crippen LogP contribution in [0.5, 0.6) is 0 Å². The first-order valence-corrected chi connectivity index (χ1v) is 9.99. The Morgan fingerprint density at radius 1 is 1.15 bits per heavy atom. The van der Waals surface area contributed by atoms with Crippen LogP contribution in [0, 0.1) is 13.8 Å². The van der Waals surface area contributed by atoms with Crippen LogP contribution in [0.15, 0.2) is 47.4 Å². The number of sulfonamides is 1. The minimum atomic E-state index is -3.75. The van der Waals surface area contributed by atoms with Crippen LogP contribution in [0.1, 0.15) is 36.0 Å². The molecule has 2 atom stereocenters. The van der Waals surface area contributed by atoms with Crippen LogP contribution in [0.25, 0.3) is 0 Å². The van der Waals surface area contributed by atoms with Gasteiger partial charge < -0.3 is 4.74 Å². The van der Waals surface area contributed by atoms with Gasteiger partial charge >= 0.3 is 5.97 Å². The smallest absolute Gasteiger partial charge is 0.313 e. The summed E-state index contributed by atoms with van der Waals surface area (Å²) < 4.78 is 33.4. The summed E-state index contributed by atoms with van der Waals surface area (Å²) in [5.74, 6) is -0.802. The summed E-state index contributed by atoms with van der Waals surface area (Å²) >= 11 is 0. The van der Waals surface area contributed by atoms with Crippen LogP contribution in [-0.4, -0.2) is 27.5 Å². The van der Waals surface area contributed by atoms with Gasteiger partial charge in [0.1, 0.15) is 0 Å². The lowest BCUT2D eigenvalue weighted by Gasteiger charge is -2.39. The van der Waals surface area contributed by atoms with Gasteiger partial charge in [-0.1, -0.05) is 30.3 Å². The number of methoxy groups -OCH3 is 1. The zero-order chi connectivity index (χ0) is 19.1. The van der Waals surface area contributed by atoms with E-state index in [0.29, 0.717) is 28.1 Å². The Hall–Kier alpha value is -2.34. The highest BCUT2D eigenvalue weighted by Gasteiger charge is 2.40. The summed E-state index contributed by atoms with van der Waals surface area (Å²) in [6.07, 6.45) is 0.383. The number of ether oxygens (including phenoxy) is 1. The van der Waals surface area contributed by atoms with E-state index in [2.05, 4.69) is 0 Å². The number of fused-ring (bicyclic) bond motifs is 1. The summed E-state index contributed by atoms with van der Waals surface area (Å²) in [4.78, 5) is 12.5. The third-order valence-corrected chi connectivity index (χ3v) is 6.96. The van der Waals surface area contributed by atoms with E-state index in [-0.39, 0.29) is 12.0 Å². The molecular weight excluding hydrogens is 350 g/mol. The van der Waals surface area contributed by atoms with Crippen molar-refractivity contribution >= 4 is 21.7 Å². The number of anilines is 1. The molecule has 3 rings (SSSR count). The number of carbonyl (C=O) groups is 1. The third-order valence-electron chi connectivity index (χ3n) is 4.89. The van der Waals surface area contributed by atoms with Gasteiger partial charge in [-0.3, -0.25) is 9.10 Å². The van der Waals surface area contributed by atoms with E-state index in [1.807, 2.05) is 32.0 Å². The summed E-state index contributed by atoms with van der Waals surface area (Å²) in [6.45, 7) is 5.50. The van der Waals surface area contributed by atoms with Crippen molar-refractivity contribution in [3.8, 4) is 0 Å². The minimum absolute atomic E-state index is 0.302. The number of hydrogen-bond donors (Lipinski definition) is 0. The zero-order valence-electron chi connectivity index (χ0n) is 15.4.